The highest BCUT2D eigenvalue weighted by molar-refractivity contribution is 6.34. The predicted molar refractivity (Wildman–Crippen MR) is 116 cm³/mol. The van der Waals surface area contributed by atoms with E-state index in [-0.39, 0.29) is 18.3 Å². The standard InChI is InChI=1S/C23H18ClN3O3/c24-19-6-2-1-5-18(19)23(29)26-16-9-11-17(12-10-16)30-22(28)13-14-27-15-25-20-7-3-4-8-21(20)27/h1-12,15H,13-14H2,(H,26,29). The summed E-state index contributed by atoms with van der Waals surface area (Å²) in [6.45, 7) is 0.478. The van der Waals surface area contributed by atoms with Crippen LogP contribution in [0.3, 0.4) is 0 Å². The maximum Gasteiger partial charge on any atom is 0.312 e. The zero-order valence-electron chi connectivity index (χ0n) is 15.9. The third-order valence-electron chi connectivity index (χ3n) is 4.55. The van der Waals surface area contributed by atoms with Crippen molar-refractivity contribution in [2.24, 2.45) is 0 Å². The molecule has 1 heterocycles. The number of esters is 1. The largest absolute Gasteiger partial charge is 0.426 e. The summed E-state index contributed by atoms with van der Waals surface area (Å²) in [6, 6.07) is 21.2. The molecule has 6 nitrogen and oxygen atoms in total. The van der Waals surface area contributed by atoms with Crippen molar-refractivity contribution in [3.05, 3.63) is 89.7 Å². The van der Waals surface area contributed by atoms with Crippen LogP contribution in [-0.4, -0.2) is 21.4 Å². The van der Waals surface area contributed by atoms with E-state index in [1.165, 1.54) is 0 Å². The molecule has 0 bridgehead atoms. The normalized spacial score (nSPS) is 10.7. The number of rotatable bonds is 6. The van der Waals surface area contributed by atoms with Crippen LogP contribution in [0.1, 0.15) is 16.8 Å². The number of anilines is 1. The molecule has 30 heavy (non-hydrogen) atoms. The number of hydrogen-bond acceptors (Lipinski definition) is 4. The minimum atomic E-state index is -0.347. The van der Waals surface area contributed by atoms with E-state index in [0.717, 1.165) is 11.0 Å². The van der Waals surface area contributed by atoms with E-state index in [9.17, 15) is 9.59 Å². The number of nitrogens with one attached hydrogen (secondary N) is 1. The van der Waals surface area contributed by atoms with Crippen LogP contribution >= 0.6 is 11.6 Å². The van der Waals surface area contributed by atoms with Crippen LogP contribution in [0.5, 0.6) is 5.75 Å². The lowest BCUT2D eigenvalue weighted by atomic mass is 10.2. The Morgan fingerprint density at radius 2 is 1.70 bits per heavy atom. The fraction of sp³-hybridized carbons (Fsp3) is 0.0870. The molecular weight excluding hydrogens is 402 g/mol. The monoisotopic (exact) mass is 419 g/mol. The van der Waals surface area contributed by atoms with Crippen molar-refractivity contribution < 1.29 is 14.3 Å². The van der Waals surface area contributed by atoms with Gasteiger partial charge in [-0.05, 0) is 48.5 Å². The fourth-order valence-electron chi connectivity index (χ4n) is 3.03. The van der Waals surface area contributed by atoms with Crippen LogP contribution in [0.2, 0.25) is 5.02 Å². The van der Waals surface area contributed by atoms with E-state index in [2.05, 4.69) is 10.3 Å². The highest BCUT2D eigenvalue weighted by Crippen LogP contribution is 2.20. The van der Waals surface area contributed by atoms with Crippen LogP contribution in [0.25, 0.3) is 11.0 Å². The van der Waals surface area contributed by atoms with Gasteiger partial charge in [0.1, 0.15) is 5.75 Å². The first-order valence-electron chi connectivity index (χ1n) is 9.36. The summed E-state index contributed by atoms with van der Waals surface area (Å²) >= 11 is 6.04. The zero-order chi connectivity index (χ0) is 20.9. The Balaban J connectivity index is 1.32. The molecule has 0 radical (unpaired) electrons. The van der Waals surface area contributed by atoms with Gasteiger partial charge in [-0.15, -0.1) is 0 Å². The second-order valence-corrected chi connectivity index (χ2v) is 7.02. The highest BCUT2D eigenvalue weighted by Gasteiger charge is 2.11. The Bertz CT molecular complexity index is 1200. The lowest BCUT2D eigenvalue weighted by molar-refractivity contribution is -0.134. The quantitative estimate of drug-likeness (QED) is 0.355. The van der Waals surface area contributed by atoms with Crippen molar-refractivity contribution in [1.82, 2.24) is 9.55 Å². The topological polar surface area (TPSA) is 73.2 Å². The zero-order valence-corrected chi connectivity index (χ0v) is 16.7. The smallest absolute Gasteiger partial charge is 0.312 e. The number of fused-ring (bicyclic) bond motifs is 1. The average Bonchev–Trinajstić information content (AvgIpc) is 3.17. The van der Waals surface area contributed by atoms with E-state index in [1.54, 1.807) is 54.9 Å². The first-order valence-corrected chi connectivity index (χ1v) is 9.74. The van der Waals surface area contributed by atoms with Crippen molar-refractivity contribution in [3.8, 4) is 5.75 Å². The Hall–Kier alpha value is -3.64. The maximum atomic E-state index is 12.3. The molecule has 1 amide bonds. The van der Waals surface area contributed by atoms with Gasteiger partial charge in [0.15, 0.2) is 0 Å². The van der Waals surface area contributed by atoms with Crippen LogP contribution in [-0.2, 0) is 11.3 Å². The molecule has 4 aromatic rings. The number of benzene rings is 3. The van der Waals surface area contributed by atoms with Crippen molar-refractivity contribution in [3.63, 3.8) is 0 Å². The molecule has 0 spiro atoms. The Kier molecular flexibility index (Phi) is 5.77. The van der Waals surface area contributed by atoms with Crippen LogP contribution < -0.4 is 10.1 Å². The van der Waals surface area contributed by atoms with E-state index in [0.29, 0.717) is 28.6 Å². The van der Waals surface area contributed by atoms with Crippen molar-refractivity contribution in [2.45, 2.75) is 13.0 Å². The van der Waals surface area contributed by atoms with E-state index in [4.69, 9.17) is 16.3 Å². The van der Waals surface area contributed by atoms with Crippen LogP contribution in [0.4, 0.5) is 5.69 Å². The summed E-state index contributed by atoms with van der Waals surface area (Å²) in [5.74, 6) is -0.246. The summed E-state index contributed by atoms with van der Waals surface area (Å²) in [5, 5.41) is 3.15. The molecule has 0 aliphatic carbocycles. The first-order chi connectivity index (χ1) is 14.6. The van der Waals surface area contributed by atoms with Gasteiger partial charge < -0.3 is 14.6 Å². The maximum absolute atomic E-state index is 12.3. The van der Waals surface area contributed by atoms with Gasteiger partial charge in [0.2, 0.25) is 0 Å². The van der Waals surface area contributed by atoms with Gasteiger partial charge in [-0.3, -0.25) is 9.59 Å². The minimum Gasteiger partial charge on any atom is -0.426 e. The molecule has 0 aliphatic heterocycles. The summed E-state index contributed by atoms with van der Waals surface area (Å²) < 4.78 is 7.30. The number of nitrogens with zero attached hydrogens (tertiary/aromatic N) is 2. The van der Waals surface area contributed by atoms with Crippen LogP contribution in [0.15, 0.2) is 79.1 Å². The summed E-state index contributed by atoms with van der Waals surface area (Å²) in [4.78, 5) is 28.8. The molecule has 0 unspecified atom stereocenters. The molecular formula is C23H18ClN3O3. The summed E-state index contributed by atoms with van der Waals surface area (Å²) in [6.07, 6.45) is 1.93. The molecule has 0 saturated carbocycles. The lowest BCUT2D eigenvalue weighted by Crippen LogP contribution is -2.13. The molecule has 4 rings (SSSR count). The summed E-state index contributed by atoms with van der Waals surface area (Å²) in [5.41, 5.74) is 2.83. The molecule has 0 fully saturated rings. The number of aromatic nitrogens is 2. The van der Waals surface area contributed by atoms with Crippen molar-refractivity contribution in [2.75, 3.05) is 5.32 Å². The van der Waals surface area contributed by atoms with Gasteiger partial charge in [0.05, 0.1) is 34.4 Å². The second-order valence-electron chi connectivity index (χ2n) is 6.61. The average molecular weight is 420 g/mol. The van der Waals surface area contributed by atoms with E-state index in [1.807, 2.05) is 28.8 Å². The number of aryl methyl sites for hydroxylation is 1. The minimum absolute atomic E-state index is 0.214. The van der Waals surface area contributed by atoms with Gasteiger partial charge in [0.25, 0.3) is 5.91 Å². The number of carbonyl (C=O) groups is 2. The predicted octanol–water partition coefficient (Wildman–Crippen LogP) is 4.94. The third kappa shape index (κ3) is 4.50. The molecule has 1 aromatic heterocycles. The Labute approximate surface area is 178 Å². The number of para-hydroxylation sites is 2. The second kappa shape index (κ2) is 8.80. The number of ether oxygens (including phenoxy) is 1. The SMILES string of the molecule is O=C(CCn1cnc2ccccc21)Oc1ccc(NC(=O)c2ccccc2Cl)cc1. The van der Waals surface area contributed by atoms with Crippen LogP contribution in [0, 0.1) is 0 Å². The van der Waals surface area contributed by atoms with Gasteiger partial charge in [-0.1, -0.05) is 35.9 Å². The first kappa shape index (κ1) is 19.7. The Morgan fingerprint density at radius 3 is 2.50 bits per heavy atom. The lowest BCUT2D eigenvalue weighted by Gasteiger charge is -2.09. The van der Waals surface area contributed by atoms with E-state index < -0.39 is 0 Å². The fourth-order valence-corrected chi connectivity index (χ4v) is 3.25. The van der Waals surface area contributed by atoms with Gasteiger partial charge in [-0.2, -0.15) is 0 Å². The Morgan fingerprint density at radius 1 is 0.967 bits per heavy atom. The van der Waals surface area contributed by atoms with Crippen molar-refractivity contribution in [1.29, 1.82) is 0 Å². The van der Waals surface area contributed by atoms with Gasteiger partial charge in [-0.25, -0.2) is 4.98 Å². The van der Waals surface area contributed by atoms with Crippen molar-refractivity contribution >= 4 is 40.2 Å². The number of amides is 1. The number of hydrogen-bond donors (Lipinski definition) is 1. The number of imidazole rings is 1. The summed E-state index contributed by atoms with van der Waals surface area (Å²) in [7, 11) is 0. The van der Waals surface area contributed by atoms with Gasteiger partial charge >= 0.3 is 5.97 Å². The van der Waals surface area contributed by atoms with E-state index >= 15 is 0 Å². The molecule has 150 valence electrons. The molecule has 3 aromatic carbocycles. The highest BCUT2D eigenvalue weighted by atomic mass is 35.5. The molecule has 1 N–H and O–H groups in total. The third-order valence-corrected chi connectivity index (χ3v) is 4.88. The molecule has 0 saturated heterocycles. The van der Waals surface area contributed by atoms with Gasteiger partial charge in [0, 0.05) is 12.2 Å². The number of halogens is 1. The molecule has 7 heteroatoms. The number of carbonyl (C=O) groups excluding carboxylic acids is 2. The molecule has 0 atom stereocenters. The molecule has 0 aliphatic rings.